The highest BCUT2D eigenvalue weighted by Gasteiger charge is 2.16. The third-order valence-corrected chi connectivity index (χ3v) is 1.35. The zero-order chi connectivity index (χ0) is 8.20. The van der Waals surface area contributed by atoms with Gasteiger partial charge in [0, 0.05) is 5.41 Å². The lowest BCUT2D eigenvalue weighted by Gasteiger charge is -2.21. The molecule has 10 heavy (non-hydrogen) atoms. The summed E-state index contributed by atoms with van der Waals surface area (Å²) in [7, 11) is 1.73. The van der Waals surface area contributed by atoms with E-state index in [0.717, 1.165) is 12.2 Å². The molecular weight excluding hydrogens is 124 g/mol. The second kappa shape index (κ2) is 3.65. The maximum atomic E-state index is 5.22. The van der Waals surface area contributed by atoms with Crippen LogP contribution < -0.4 is 0 Å². The van der Waals surface area contributed by atoms with Crippen LogP contribution in [0.1, 0.15) is 34.1 Å². The van der Waals surface area contributed by atoms with Gasteiger partial charge in [0.2, 0.25) is 0 Å². The van der Waals surface area contributed by atoms with Gasteiger partial charge >= 0.3 is 0 Å². The van der Waals surface area contributed by atoms with Crippen LogP contribution in [0.15, 0.2) is 11.8 Å². The van der Waals surface area contributed by atoms with Crippen LogP contribution in [0.2, 0.25) is 0 Å². The third-order valence-electron chi connectivity index (χ3n) is 1.35. The van der Waals surface area contributed by atoms with Crippen molar-refractivity contribution in [1.82, 2.24) is 0 Å². The molecular formula is C9H18O. The molecule has 1 nitrogen and oxygen atoms in total. The highest BCUT2D eigenvalue weighted by atomic mass is 16.5. The summed E-state index contributed by atoms with van der Waals surface area (Å²) in [6.07, 6.45) is 3.17. The van der Waals surface area contributed by atoms with Crippen molar-refractivity contribution in [2.75, 3.05) is 7.11 Å². The minimum absolute atomic E-state index is 0.157. The Bertz CT molecular complexity index is 117. The summed E-state index contributed by atoms with van der Waals surface area (Å²) in [5.41, 5.74) is 0.157. The fraction of sp³-hybridized carbons (Fsp3) is 0.778. The predicted molar refractivity (Wildman–Crippen MR) is 44.8 cm³/mol. The maximum Gasteiger partial charge on any atom is 0.0968 e. The van der Waals surface area contributed by atoms with Crippen LogP contribution in [0.25, 0.3) is 0 Å². The largest absolute Gasteiger partial charge is 0.501 e. The highest BCUT2D eigenvalue weighted by Crippen LogP contribution is 2.25. The number of rotatable bonds is 2. The summed E-state index contributed by atoms with van der Waals surface area (Å²) in [4.78, 5) is 0. The second-order valence-electron chi connectivity index (χ2n) is 3.43. The van der Waals surface area contributed by atoms with E-state index in [-0.39, 0.29) is 5.41 Å². The molecule has 0 aliphatic rings. The molecule has 0 amide bonds. The third kappa shape index (κ3) is 2.90. The lowest BCUT2D eigenvalue weighted by molar-refractivity contribution is 0.205. The molecule has 0 saturated carbocycles. The first-order valence-corrected chi connectivity index (χ1v) is 3.77. The van der Waals surface area contributed by atoms with Gasteiger partial charge in [0.25, 0.3) is 0 Å². The molecule has 1 heteroatoms. The first kappa shape index (κ1) is 9.54. The summed E-state index contributed by atoms with van der Waals surface area (Å²) in [6, 6.07) is 0. The van der Waals surface area contributed by atoms with Crippen LogP contribution in [-0.4, -0.2) is 7.11 Å². The highest BCUT2D eigenvalue weighted by molar-refractivity contribution is 5.02. The summed E-state index contributed by atoms with van der Waals surface area (Å²) in [5.74, 6) is 1.08. The van der Waals surface area contributed by atoms with Crippen LogP contribution in [-0.2, 0) is 4.74 Å². The van der Waals surface area contributed by atoms with Crippen molar-refractivity contribution in [2.24, 2.45) is 5.41 Å². The van der Waals surface area contributed by atoms with Crippen molar-refractivity contribution < 1.29 is 4.74 Å². The van der Waals surface area contributed by atoms with Crippen LogP contribution in [0.5, 0.6) is 0 Å². The molecule has 0 aromatic heterocycles. The SMILES string of the molecule is CC/C=C(\OC)C(C)(C)C. The molecule has 0 aromatic carbocycles. The van der Waals surface area contributed by atoms with Gasteiger partial charge in [0.15, 0.2) is 0 Å². The topological polar surface area (TPSA) is 9.23 Å². The van der Waals surface area contributed by atoms with Gasteiger partial charge in [-0.2, -0.15) is 0 Å². The van der Waals surface area contributed by atoms with E-state index in [1.807, 2.05) is 0 Å². The Morgan fingerprint density at radius 2 is 1.90 bits per heavy atom. The number of allylic oxidation sites excluding steroid dienone is 2. The van der Waals surface area contributed by atoms with E-state index in [4.69, 9.17) is 4.74 Å². The maximum absolute atomic E-state index is 5.22. The average Bonchev–Trinajstić information content (AvgIpc) is 1.80. The van der Waals surface area contributed by atoms with Crippen molar-refractivity contribution in [1.29, 1.82) is 0 Å². The van der Waals surface area contributed by atoms with Gasteiger partial charge in [-0.1, -0.05) is 27.7 Å². The molecule has 60 valence electrons. The van der Waals surface area contributed by atoms with Gasteiger partial charge in [0.05, 0.1) is 12.9 Å². The van der Waals surface area contributed by atoms with Crippen LogP contribution in [0, 0.1) is 5.41 Å². The van der Waals surface area contributed by atoms with Gasteiger partial charge in [-0.15, -0.1) is 0 Å². The number of hydrogen-bond acceptors (Lipinski definition) is 1. The minimum atomic E-state index is 0.157. The Balaban J connectivity index is 4.21. The first-order valence-electron chi connectivity index (χ1n) is 3.77. The van der Waals surface area contributed by atoms with Gasteiger partial charge < -0.3 is 4.74 Å². The summed E-state index contributed by atoms with van der Waals surface area (Å²) in [6.45, 7) is 8.57. The molecule has 0 fully saturated rings. The molecule has 0 aliphatic carbocycles. The molecule has 0 bridgehead atoms. The Hall–Kier alpha value is -0.460. The van der Waals surface area contributed by atoms with Crippen molar-refractivity contribution >= 4 is 0 Å². The van der Waals surface area contributed by atoms with Crippen molar-refractivity contribution in [2.45, 2.75) is 34.1 Å². The fourth-order valence-corrected chi connectivity index (χ4v) is 0.881. The van der Waals surface area contributed by atoms with Crippen LogP contribution >= 0.6 is 0 Å². The Kier molecular flexibility index (Phi) is 3.48. The lowest BCUT2D eigenvalue weighted by atomic mass is 9.93. The van der Waals surface area contributed by atoms with Crippen molar-refractivity contribution in [3.05, 3.63) is 11.8 Å². The monoisotopic (exact) mass is 142 g/mol. The van der Waals surface area contributed by atoms with Gasteiger partial charge in [0.1, 0.15) is 0 Å². The normalized spacial score (nSPS) is 13.5. The number of hydrogen-bond donors (Lipinski definition) is 0. The second-order valence-corrected chi connectivity index (χ2v) is 3.43. The van der Waals surface area contributed by atoms with Gasteiger partial charge in [-0.3, -0.25) is 0 Å². The van der Waals surface area contributed by atoms with Gasteiger partial charge in [-0.25, -0.2) is 0 Å². The van der Waals surface area contributed by atoms with E-state index in [1.54, 1.807) is 7.11 Å². The molecule has 0 saturated heterocycles. The molecule has 0 aromatic rings. The molecule has 0 heterocycles. The van der Waals surface area contributed by atoms with Crippen LogP contribution in [0.4, 0.5) is 0 Å². The van der Waals surface area contributed by atoms with Crippen molar-refractivity contribution in [3.8, 4) is 0 Å². The van der Waals surface area contributed by atoms with E-state index < -0.39 is 0 Å². The van der Waals surface area contributed by atoms with E-state index in [2.05, 4.69) is 33.8 Å². The number of ether oxygens (including phenoxy) is 1. The molecule has 0 aliphatic heterocycles. The van der Waals surface area contributed by atoms with E-state index in [0.29, 0.717) is 0 Å². The lowest BCUT2D eigenvalue weighted by Crippen LogP contribution is -2.10. The average molecular weight is 142 g/mol. The minimum Gasteiger partial charge on any atom is -0.501 e. The standard InChI is InChI=1S/C9H18O/c1-6-7-8(10-5)9(2,3)4/h7H,6H2,1-5H3/b8-7-. The molecule has 0 N–H and O–H groups in total. The quantitative estimate of drug-likeness (QED) is 0.538. The first-order chi connectivity index (χ1) is 4.52. The summed E-state index contributed by atoms with van der Waals surface area (Å²) < 4.78 is 5.22. The van der Waals surface area contributed by atoms with E-state index in [9.17, 15) is 0 Å². The summed E-state index contributed by atoms with van der Waals surface area (Å²) >= 11 is 0. The predicted octanol–water partition coefficient (Wildman–Crippen LogP) is 2.97. The van der Waals surface area contributed by atoms with Gasteiger partial charge in [-0.05, 0) is 12.5 Å². The van der Waals surface area contributed by atoms with E-state index in [1.165, 1.54) is 0 Å². The molecule has 0 unspecified atom stereocenters. The zero-order valence-corrected chi connectivity index (χ0v) is 7.69. The molecule has 0 rings (SSSR count). The van der Waals surface area contributed by atoms with Crippen LogP contribution in [0.3, 0.4) is 0 Å². The Morgan fingerprint density at radius 1 is 1.40 bits per heavy atom. The summed E-state index contributed by atoms with van der Waals surface area (Å²) in [5, 5.41) is 0. The molecule has 0 atom stereocenters. The number of methoxy groups -OCH3 is 1. The smallest absolute Gasteiger partial charge is 0.0968 e. The fourth-order valence-electron chi connectivity index (χ4n) is 0.881. The molecule has 0 radical (unpaired) electrons. The zero-order valence-electron chi connectivity index (χ0n) is 7.69. The van der Waals surface area contributed by atoms with E-state index >= 15 is 0 Å². The Morgan fingerprint density at radius 3 is 2.00 bits per heavy atom. The molecule has 0 spiro atoms. The Labute approximate surface area is 64.1 Å². The van der Waals surface area contributed by atoms with Crippen molar-refractivity contribution in [3.63, 3.8) is 0 Å².